The molecule has 0 saturated carbocycles. The van der Waals surface area contributed by atoms with Crippen molar-refractivity contribution in [2.24, 2.45) is 0 Å². The third-order valence-electron chi connectivity index (χ3n) is 6.10. The van der Waals surface area contributed by atoms with Crippen molar-refractivity contribution in [3.63, 3.8) is 0 Å². The van der Waals surface area contributed by atoms with Crippen molar-refractivity contribution >= 4 is 11.4 Å². The molecule has 31 heavy (non-hydrogen) atoms. The summed E-state index contributed by atoms with van der Waals surface area (Å²) in [6, 6.07) is 34.4. The maximum absolute atomic E-state index is 9.18. The van der Waals surface area contributed by atoms with Crippen LogP contribution in [0.15, 0.2) is 91.0 Å². The fourth-order valence-corrected chi connectivity index (χ4v) is 4.32. The van der Waals surface area contributed by atoms with E-state index in [0.717, 1.165) is 31.4 Å². The highest BCUT2D eigenvalue weighted by atomic mass is 14.9. The van der Waals surface area contributed by atoms with Crippen LogP contribution in [0.3, 0.4) is 0 Å². The van der Waals surface area contributed by atoms with Crippen LogP contribution in [-0.4, -0.2) is 0 Å². The molecule has 4 aromatic carbocycles. The van der Waals surface area contributed by atoms with Crippen LogP contribution in [0.2, 0.25) is 0 Å². The number of nitrogens with one attached hydrogen (secondary N) is 1. The van der Waals surface area contributed by atoms with Crippen LogP contribution in [-0.2, 0) is 25.7 Å². The first-order valence-electron chi connectivity index (χ1n) is 10.8. The number of benzene rings is 4. The molecule has 1 N–H and O–H groups in total. The van der Waals surface area contributed by atoms with Gasteiger partial charge in [0.15, 0.2) is 0 Å². The van der Waals surface area contributed by atoms with Gasteiger partial charge in [-0.3, -0.25) is 0 Å². The lowest BCUT2D eigenvalue weighted by molar-refractivity contribution is 0.925. The second kappa shape index (κ2) is 8.50. The van der Waals surface area contributed by atoms with E-state index in [-0.39, 0.29) is 0 Å². The number of rotatable bonds is 3. The maximum atomic E-state index is 9.18. The van der Waals surface area contributed by atoms with Crippen LogP contribution in [0, 0.1) is 11.3 Å². The van der Waals surface area contributed by atoms with E-state index in [1.54, 1.807) is 0 Å². The fraction of sp³-hybridized carbons (Fsp3) is 0.138. The van der Waals surface area contributed by atoms with Gasteiger partial charge in [-0.15, -0.1) is 0 Å². The van der Waals surface area contributed by atoms with Gasteiger partial charge in [-0.05, 0) is 95.5 Å². The largest absolute Gasteiger partial charge is 0.355 e. The zero-order valence-electron chi connectivity index (χ0n) is 17.4. The maximum Gasteiger partial charge on any atom is 0.0991 e. The van der Waals surface area contributed by atoms with Crippen molar-refractivity contribution in [2.75, 3.05) is 5.32 Å². The Kier molecular flexibility index (Phi) is 5.25. The van der Waals surface area contributed by atoms with Crippen LogP contribution >= 0.6 is 0 Å². The quantitative estimate of drug-likeness (QED) is 0.408. The summed E-state index contributed by atoms with van der Waals surface area (Å²) in [6.07, 6.45) is 3.96. The van der Waals surface area contributed by atoms with E-state index in [0.29, 0.717) is 5.56 Å². The van der Waals surface area contributed by atoms with Crippen molar-refractivity contribution in [1.82, 2.24) is 0 Å². The van der Waals surface area contributed by atoms with Crippen molar-refractivity contribution in [3.05, 3.63) is 119 Å². The highest BCUT2D eigenvalue weighted by Gasteiger charge is 2.14. The number of hydrogen-bond donors (Lipinski definition) is 1. The third kappa shape index (κ3) is 4.22. The van der Waals surface area contributed by atoms with E-state index in [4.69, 9.17) is 0 Å². The molecule has 4 bridgehead atoms. The van der Waals surface area contributed by atoms with Gasteiger partial charge in [0.05, 0.1) is 11.6 Å². The van der Waals surface area contributed by atoms with Gasteiger partial charge in [0.1, 0.15) is 0 Å². The Morgan fingerprint density at radius 3 is 1.94 bits per heavy atom. The minimum absolute atomic E-state index is 0.696. The zero-order chi connectivity index (χ0) is 21.0. The van der Waals surface area contributed by atoms with Crippen LogP contribution in [0.1, 0.15) is 27.8 Å². The van der Waals surface area contributed by atoms with Gasteiger partial charge in [0.2, 0.25) is 0 Å². The second-order valence-corrected chi connectivity index (χ2v) is 8.16. The lowest BCUT2D eigenvalue weighted by atomic mass is 9.89. The number of nitriles is 1. The minimum atomic E-state index is 0.696. The molecule has 8 rings (SSSR count). The molecule has 4 aliphatic carbocycles. The first kappa shape index (κ1) is 19.2. The SMILES string of the molecule is N#Cc1ccc(-c2cc3c(Nc4ccccc4)cc2CCc2ccc(cc2)CC3)cc1. The van der Waals surface area contributed by atoms with Gasteiger partial charge in [-0.25, -0.2) is 0 Å². The summed E-state index contributed by atoms with van der Waals surface area (Å²) in [7, 11) is 0. The molecule has 0 aromatic heterocycles. The summed E-state index contributed by atoms with van der Waals surface area (Å²) in [5.74, 6) is 0. The number of aryl methyl sites for hydroxylation is 4. The summed E-state index contributed by atoms with van der Waals surface area (Å²) < 4.78 is 0. The van der Waals surface area contributed by atoms with E-state index < -0.39 is 0 Å². The van der Waals surface area contributed by atoms with E-state index >= 15 is 0 Å². The lowest BCUT2D eigenvalue weighted by Gasteiger charge is -2.20. The molecule has 0 heterocycles. The average Bonchev–Trinajstić information content (AvgIpc) is 2.82. The summed E-state index contributed by atoms with van der Waals surface area (Å²) in [6.45, 7) is 0. The summed E-state index contributed by atoms with van der Waals surface area (Å²) >= 11 is 0. The Labute approximate surface area is 183 Å². The van der Waals surface area contributed by atoms with Crippen LogP contribution < -0.4 is 5.32 Å². The van der Waals surface area contributed by atoms with Crippen LogP contribution in [0.25, 0.3) is 11.1 Å². The minimum Gasteiger partial charge on any atom is -0.355 e. The van der Waals surface area contributed by atoms with E-state index in [9.17, 15) is 5.26 Å². The van der Waals surface area contributed by atoms with Crippen LogP contribution in [0.5, 0.6) is 0 Å². The first-order valence-corrected chi connectivity index (χ1v) is 10.8. The van der Waals surface area contributed by atoms with Gasteiger partial charge in [0, 0.05) is 11.4 Å². The summed E-state index contributed by atoms with van der Waals surface area (Å²) in [5.41, 5.74) is 10.8. The van der Waals surface area contributed by atoms with Gasteiger partial charge in [0.25, 0.3) is 0 Å². The van der Waals surface area contributed by atoms with Gasteiger partial charge < -0.3 is 5.32 Å². The molecule has 0 spiro atoms. The monoisotopic (exact) mass is 400 g/mol. The molecule has 0 unspecified atom stereocenters. The second-order valence-electron chi connectivity index (χ2n) is 8.16. The number of hydrogen-bond acceptors (Lipinski definition) is 2. The average molecular weight is 401 g/mol. The fourth-order valence-electron chi connectivity index (χ4n) is 4.32. The van der Waals surface area contributed by atoms with E-state index in [2.05, 4.69) is 84.2 Å². The Bertz CT molecular complexity index is 1230. The molecular formula is C29H24N2. The normalized spacial score (nSPS) is 12.6. The Morgan fingerprint density at radius 2 is 1.29 bits per heavy atom. The Balaban J connectivity index is 1.62. The molecule has 0 radical (unpaired) electrons. The van der Waals surface area contributed by atoms with Gasteiger partial charge in [-0.2, -0.15) is 5.26 Å². The number of nitrogens with zero attached hydrogens (tertiary/aromatic N) is 1. The van der Waals surface area contributed by atoms with Crippen molar-refractivity contribution < 1.29 is 0 Å². The summed E-state index contributed by atoms with van der Waals surface area (Å²) in [4.78, 5) is 0. The topological polar surface area (TPSA) is 35.8 Å². The first-order chi connectivity index (χ1) is 15.3. The Hall–Kier alpha value is -3.83. The van der Waals surface area contributed by atoms with Crippen LogP contribution in [0.4, 0.5) is 11.4 Å². The molecule has 0 amide bonds. The lowest BCUT2D eigenvalue weighted by Crippen LogP contribution is -2.04. The smallest absolute Gasteiger partial charge is 0.0991 e. The van der Waals surface area contributed by atoms with E-state index in [1.807, 2.05) is 18.2 Å². The molecule has 0 atom stereocenters. The van der Waals surface area contributed by atoms with Gasteiger partial charge in [-0.1, -0.05) is 54.6 Å². The van der Waals surface area contributed by atoms with Gasteiger partial charge >= 0.3 is 0 Å². The molecule has 4 aliphatic rings. The zero-order valence-corrected chi connectivity index (χ0v) is 17.4. The molecule has 0 aliphatic heterocycles. The molecule has 2 nitrogen and oxygen atoms in total. The number of para-hydroxylation sites is 1. The predicted octanol–water partition coefficient (Wildman–Crippen LogP) is 6.85. The predicted molar refractivity (Wildman–Crippen MR) is 128 cm³/mol. The number of anilines is 2. The molecule has 0 fully saturated rings. The van der Waals surface area contributed by atoms with Crippen molar-refractivity contribution in [3.8, 4) is 17.2 Å². The molecular weight excluding hydrogens is 376 g/mol. The summed E-state index contributed by atoms with van der Waals surface area (Å²) in [5, 5.41) is 12.8. The standard InChI is InChI=1S/C29H24N2/c30-20-23-12-14-24(15-13-23)28-18-26-17-11-22-8-6-21(7-9-22)10-16-25(28)19-29(26)31-27-4-2-1-3-5-27/h1-9,12-15,18-19,31H,10-11,16-17H2. The molecule has 0 saturated heterocycles. The molecule has 4 aromatic rings. The highest BCUT2D eigenvalue weighted by molar-refractivity contribution is 5.75. The van der Waals surface area contributed by atoms with E-state index in [1.165, 1.54) is 39.1 Å². The molecule has 150 valence electrons. The highest BCUT2D eigenvalue weighted by Crippen LogP contribution is 2.34. The Morgan fingerprint density at radius 1 is 0.645 bits per heavy atom. The third-order valence-corrected chi connectivity index (χ3v) is 6.10. The molecule has 2 heteroatoms. The van der Waals surface area contributed by atoms with Crippen molar-refractivity contribution in [2.45, 2.75) is 25.7 Å². The van der Waals surface area contributed by atoms with Crippen molar-refractivity contribution in [1.29, 1.82) is 5.26 Å².